The second-order valence-electron chi connectivity index (χ2n) is 5.66. The lowest BCUT2D eigenvalue weighted by Crippen LogP contribution is -2.34. The summed E-state index contributed by atoms with van der Waals surface area (Å²) >= 11 is 0. The number of hydrogen-bond donors (Lipinski definition) is 3. The van der Waals surface area contributed by atoms with Gasteiger partial charge >= 0.3 is 11.9 Å². The van der Waals surface area contributed by atoms with E-state index >= 15 is 0 Å². The zero-order valence-electron chi connectivity index (χ0n) is 13.7. The second-order valence-corrected chi connectivity index (χ2v) is 5.66. The Labute approximate surface area is 152 Å². The van der Waals surface area contributed by atoms with E-state index in [1.165, 1.54) is 18.2 Å². The molecule has 2 aromatic carbocycles. The predicted octanol–water partition coefficient (Wildman–Crippen LogP) is 2.22. The molecule has 1 heterocycles. The predicted molar refractivity (Wildman–Crippen MR) is 95.0 cm³/mol. The summed E-state index contributed by atoms with van der Waals surface area (Å²) in [6.07, 6.45) is 0. The van der Waals surface area contributed by atoms with Crippen LogP contribution in [0.3, 0.4) is 0 Å². The fourth-order valence-corrected chi connectivity index (χ4v) is 2.89. The van der Waals surface area contributed by atoms with Crippen LogP contribution >= 0.6 is 0 Å². The molecule has 0 radical (unpaired) electrons. The average Bonchev–Trinajstić information content (AvgIpc) is 2.67. The van der Waals surface area contributed by atoms with Gasteiger partial charge in [0, 0.05) is 17.7 Å². The van der Waals surface area contributed by atoms with E-state index in [0.29, 0.717) is 5.56 Å². The molecule has 0 aliphatic carbocycles. The molecule has 136 valence electrons. The minimum Gasteiger partial charge on any atom is -0.478 e. The van der Waals surface area contributed by atoms with Gasteiger partial charge in [-0.05, 0) is 5.56 Å². The Bertz CT molecular complexity index is 997. The highest BCUT2D eigenvalue weighted by molar-refractivity contribution is 6.40. The third kappa shape index (κ3) is 3.38. The number of benzene rings is 2. The molecule has 0 saturated carbocycles. The lowest BCUT2D eigenvalue weighted by atomic mass is 9.83. The van der Waals surface area contributed by atoms with Gasteiger partial charge in [-0.2, -0.15) is 5.10 Å². The Morgan fingerprint density at radius 3 is 2.33 bits per heavy atom. The summed E-state index contributed by atoms with van der Waals surface area (Å²) in [6.45, 7) is 0. The highest BCUT2D eigenvalue weighted by atomic mass is 16.6. The molecule has 2 aromatic rings. The van der Waals surface area contributed by atoms with Crippen LogP contribution in [-0.2, 0) is 9.59 Å². The van der Waals surface area contributed by atoms with Gasteiger partial charge in [0.15, 0.2) is 5.71 Å². The molecule has 0 aromatic heterocycles. The molecule has 1 unspecified atom stereocenters. The second kappa shape index (κ2) is 7.08. The number of rotatable bonds is 5. The SMILES string of the molecule is O=C(O)C1=NNC(c2ccccc2)=C(C(=O)O)C1c1cccc([N+](=O)[O-])c1. The number of nitrogens with one attached hydrogen (secondary N) is 1. The van der Waals surface area contributed by atoms with E-state index in [2.05, 4.69) is 10.5 Å². The van der Waals surface area contributed by atoms with Crippen LogP contribution in [-0.4, -0.2) is 32.8 Å². The van der Waals surface area contributed by atoms with E-state index in [-0.39, 0.29) is 22.5 Å². The number of carboxylic acids is 2. The normalized spacial score (nSPS) is 16.3. The van der Waals surface area contributed by atoms with E-state index in [4.69, 9.17) is 0 Å². The minimum atomic E-state index is -1.43. The molecule has 0 bridgehead atoms. The van der Waals surface area contributed by atoms with Gasteiger partial charge in [-0.3, -0.25) is 15.5 Å². The Morgan fingerprint density at radius 1 is 1.04 bits per heavy atom. The number of aliphatic carboxylic acids is 2. The maximum Gasteiger partial charge on any atom is 0.353 e. The van der Waals surface area contributed by atoms with Crippen molar-refractivity contribution in [2.24, 2.45) is 5.10 Å². The van der Waals surface area contributed by atoms with Crippen molar-refractivity contribution in [3.05, 3.63) is 81.4 Å². The number of nitro groups is 1. The molecule has 1 aliphatic heterocycles. The average molecular weight is 367 g/mol. The lowest BCUT2D eigenvalue weighted by molar-refractivity contribution is -0.384. The van der Waals surface area contributed by atoms with Crippen LogP contribution in [0.4, 0.5) is 5.69 Å². The zero-order valence-corrected chi connectivity index (χ0v) is 13.7. The van der Waals surface area contributed by atoms with Gasteiger partial charge in [0.1, 0.15) is 0 Å². The summed E-state index contributed by atoms with van der Waals surface area (Å²) in [4.78, 5) is 34.1. The van der Waals surface area contributed by atoms with Crippen LogP contribution in [0.15, 0.2) is 65.3 Å². The van der Waals surface area contributed by atoms with Gasteiger partial charge in [-0.15, -0.1) is 0 Å². The van der Waals surface area contributed by atoms with Crippen molar-refractivity contribution in [2.45, 2.75) is 5.92 Å². The third-order valence-corrected chi connectivity index (χ3v) is 4.05. The molecule has 1 atom stereocenters. The molecule has 9 heteroatoms. The van der Waals surface area contributed by atoms with Crippen LogP contribution < -0.4 is 5.43 Å². The van der Waals surface area contributed by atoms with Crippen LogP contribution in [0, 0.1) is 10.1 Å². The highest BCUT2D eigenvalue weighted by Gasteiger charge is 2.38. The first-order valence-corrected chi connectivity index (χ1v) is 7.74. The van der Waals surface area contributed by atoms with E-state index < -0.39 is 28.5 Å². The van der Waals surface area contributed by atoms with E-state index in [9.17, 15) is 29.9 Å². The van der Waals surface area contributed by atoms with Crippen molar-refractivity contribution in [3.8, 4) is 0 Å². The summed E-state index contributed by atoms with van der Waals surface area (Å²) in [5.41, 5.74) is 2.29. The molecule has 1 aliphatic rings. The Kier molecular flexibility index (Phi) is 4.67. The molecule has 27 heavy (non-hydrogen) atoms. The first-order chi connectivity index (χ1) is 12.9. The van der Waals surface area contributed by atoms with Crippen molar-refractivity contribution in [2.75, 3.05) is 0 Å². The van der Waals surface area contributed by atoms with Crippen LogP contribution in [0.5, 0.6) is 0 Å². The Morgan fingerprint density at radius 2 is 1.74 bits per heavy atom. The number of hydrogen-bond acceptors (Lipinski definition) is 6. The highest BCUT2D eigenvalue weighted by Crippen LogP contribution is 2.35. The summed E-state index contributed by atoms with van der Waals surface area (Å²) in [6, 6.07) is 13.6. The molecule has 3 N–H and O–H groups in total. The first kappa shape index (κ1) is 17.8. The van der Waals surface area contributed by atoms with Crippen molar-refractivity contribution in [1.29, 1.82) is 0 Å². The number of nitro benzene ring substituents is 1. The number of hydrazone groups is 1. The minimum absolute atomic E-state index is 0.129. The quantitative estimate of drug-likeness (QED) is 0.543. The zero-order chi connectivity index (χ0) is 19.6. The topological polar surface area (TPSA) is 142 Å². The maximum atomic E-state index is 12.0. The Hall–Kier alpha value is -4.01. The van der Waals surface area contributed by atoms with E-state index in [0.717, 1.165) is 6.07 Å². The molecule has 9 nitrogen and oxygen atoms in total. The lowest BCUT2D eigenvalue weighted by Gasteiger charge is -2.25. The molecule has 0 amide bonds. The van der Waals surface area contributed by atoms with Crippen LogP contribution in [0.1, 0.15) is 17.0 Å². The fourth-order valence-electron chi connectivity index (χ4n) is 2.89. The van der Waals surface area contributed by atoms with Gasteiger partial charge in [-0.25, -0.2) is 9.59 Å². The van der Waals surface area contributed by atoms with Crippen molar-refractivity contribution >= 4 is 29.0 Å². The fraction of sp³-hybridized carbons (Fsp3) is 0.0556. The van der Waals surface area contributed by atoms with Gasteiger partial charge in [-0.1, -0.05) is 42.5 Å². The molecule has 0 fully saturated rings. The smallest absolute Gasteiger partial charge is 0.353 e. The summed E-state index contributed by atoms with van der Waals surface area (Å²) in [5, 5.41) is 34.2. The van der Waals surface area contributed by atoms with Crippen LogP contribution in [0.2, 0.25) is 0 Å². The van der Waals surface area contributed by atoms with Gasteiger partial charge in [0.2, 0.25) is 0 Å². The largest absolute Gasteiger partial charge is 0.478 e. The first-order valence-electron chi connectivity index (χ1n) is 7.74. The summed E-state index contributed by atoms with van der Waals surface area (Å²) < 4.78 is 0. The van der Waals surface area contributed by atoms with Crippen molar-refractivity contribution in [3.63, 3.8) is 0 Å². The van der Waals surface area contributed by atoms with Crippen LogP contribution in [0.25, 0.3) is 5.70 Å². The number of carbonyl (C=O) groups is 2. The summed E-state index contributed by atoms with van der Waals surface area (Å²) in [7, 11) is 0. The van der Waals surface area contributed by atoms with E-state index in [1.807, 2.05) is 0 Å². The number of nitrogens with zero attached hydrogens (tertiary/aromatic N) is 2. The van der Waals surface area contributed by atoms with Crippen molar-refractivity contribution in [1.82, 2.24) is 5.43 Å². The van der Waals surface area contributed by atoms with Gasteiger partial charge in [0.05, 0.1) is 22.1 Å². The molecule has 0 spiro atoms. The van der Waals surface area contributed by atoms with Gasteiger partial charge in [0.25, 0.3) is 5.69 Å². The Balaban J connectivity index is 2.25. The molecule has 3 rings (SSSR count). The monoisotopic (exact) mass is 367 g/mol. The third-order valence-electron chi connectivity index (χ3n) is 4.05. The van der Waals surface area contributed by atoms with Gasteiger partial charge < -0.3 is 10.2 Å². The number of carboxylic acid groups (broad SMARTS) is 2. The number of non-ortho nitro benzene ring substituents is 1. The van der Waals surface area contributed by atoms with Crippen molar-refractivity contribution < 1.29 is 24.7 Å². The maximum absolute atomic E-state index is 12.0. The molecular weight excluding hydrogens is 354 g/mol. The molecular formula is C18H13N3O6. The molecule has 0 saturated heterocycles. The van der Waals surface area contributed by atoms with E-state index in [1.54, 1.807) is 30.3 Å². The summed E-state index contributed by atoms with van der Waals surface area (Å²) in [5.74, 6) is -4.06. The standard InChI is InChI=1S/C18H13N3O6/c22-17(23)14-13(11-7-4-8-12(9-11)21(26)27)16(18(24)25)20-19-15(14)10-5-2-1-3-6-10/h1-9,13,19H,(H,22,23)(H,24,25).